The minimum absolute atomic E-state index is 0.200. The monoisotopic (exact) mass is 420 g/mol. The first-order chi connectivity index (χ1) is 15.1. The summed E-state index contributed by atoms with van der Waals surface area (Å²) in [6.45, 7) is 0.459. The second-order valence-corrected chi connectivity index (χ2v) is 6.95. The first-order valence-electron chi connectivity index (χ1n) is 9.73. The Kier molecular flexibility index (Phi) is 5.84. The van der Waals surface area contributed by atoms with E-state index >= 15 is 0 Å². The van der Waals surface area contributed by atoms with Crippen molar-refractivity contribution in [3.63, 3.8) is 0 Å². The van der Waals surface area contributed by atoms with E-state index in [1.54, 1.807) is 44.6 Å². The minimum atomic E-state index is -0.331. The number of aromatic nitrogens is 1. The standard InChI is InChI=1S/C24H21FN2O4/c1-29-21-10-3-15(13-22(21)30-2)11-12-26-24(28)17-6-9-20-19(14-17)23(31-27-20)16-4-7-18(25)8-5-16/h3-10,13-14H,11-12H2,1-2H3,(H,26,28). The van der Waals surface area contributed by atoms with Crippen LogP contribution in [0.1, 0.15) is 15.9 Å². The van der Waals surface area contributed by atoms with Crippen LogP contribution in [0.3, 0.4) is 0 Å². The minimum Gasteiger partial charge on any atom is -0.493 e. The van der Waals surface area contributed by atoms with Crippen molar-refractivity contribution in [3.8, 4) is 22.8 Å². The van der Waals surface area contributed by atoms with Gasteiger partial charge >= 0.3 is 0 Å². The van der Waals surface area contributed by atoms with E-state index in [9.17, 15) is 9.18 Å². The number of carbonyl (C=O) groups is 1. The summed E-state index contributed by atoms with van der Waals surface area (Å²) in [5, 5.41) is 7.65. The lowest BCUT2D eigenvalue weighted by Gasteiger charge is -2.10. The quantitative estimate of drug-likeness (QED) is 0.472. The van der Waals surface area contributed by atoms with Crippen molar-refractivity contribution in [2.75, 3.05) is 20.8 Å². The van der Waals surface area contributed by atoms with E-state index in [0.29, 0.717) is 52.3 Å². The number of nitrogens with one attached hydrogen (secondary N) is 1. The first-order valence-corrected chi connectivity index (χ1v) is 9.73. The molecule has 0 aliphatic rings. The summed E-state index contributed by atoms with van der Waals surface area (Å²) >= 11 is 0. The molecule has 3 aromatic carbocycles. The summed E-state index contributed by atoms with van der Waals surface area (Å²) in [6, 6.07) is 16.8. The number of methoxy groups -OCH3 is 2. The van der Waals surface area contributed by atoms with Crippen LogP contribution in [0.4, 0.5) is 4.39 Å². The maximum atomic E-state index is 13.2. The fourth-order valence-corrected chi connectivity index (χ4v) is 3.35. The molecule has 1 heterocycles. The maximum absolute atomic E-state index is 13.2. The van der Waals surface area contributed by atoms with Crippen LogP contribution < -0.4 is 14.8 Å². The Morgan fingerprint density at radius 1 is 1.00 bits per heavy atom. The molecule has 0 aliphatic carbocycles. The van der Waals surface area contributed by atoms with Gasteiger partial charge in [-0.25, -0.2) is 4.39 Å². The zero-order chi connectivity index (χ0) is 21.8. The van der Waals surface area contributed by atoms with Crippen LogP contribution >= 0.6 is 0 Å². The van der Waals surface area contributed by atoms with Crippen LogP contribution in [0.25, 0.3) is 22.2 Å². The first kappa shape index (κ1) is 20.4. The number of benzene rings is 3. The fourth-order valence-electron chi connectivity index (χ4n) is 3.35. The lowest BCUT2D eigenvalue weighted by Crippen LogP contribution is -2.25. The van der Waals surface area contributed by atoms with Gasteiger partial charge in [0, 0.05) is 17.7 Å². The summed E-state index contributed by atoms with van der Waals surface area (Å²) in [7, 11) is 3.18. The number of rotatable bonds is 7. The number of amides is 1. The number of hydrogen-bond acceptors (Lipinski definition) is 5. The second-order valence-electron chi connectivity index (χ2n) is 6.95. The van der Waals surface area contributed by atoms with Crippen molar-refractivity contribution in [1.82, 2.24) is 10.5 Å². The Labute approximate surface area is 178 Å². The molecule has 158 valence electrons. The van der Waals surface area contributed by atoms with Crippen molar-refractivity contribution in [2.45, 2.75) is 6.42 Å². The van der Waals surface area contributed by atoms with Gasteiger partial charge < -0.3 is 19.3 Å². The van der Waals surface area contributed by atoms with Crippen molar-refractivity contribution >= 4 is 16.8 Å². The Morgan fingerprint density at radius 3 is 2.52 bits per heavy atom. The molecule has 31 heavy (non-hydrogen) atoms. The largest absolute Gasteiger partial charge is 0.493 e. The van der Waals surface area contributed by atoms with E-state index in [1.165, 1.54) is 12.1 Å². The predicted molar refractivity (Wildman–Crippen MR) is 115 cm³/mol. The highest BCUT2D eigenvalue weighted by molar-refractivity contribution is 6.00. The normalized spacial score (nSPS) is 10.8. The molecule has 0 saturated heterocycles. The number of carbonyl (C=O) groups excluding carboxylic acids is 1. The van der Waals surface area contributed by atoms with Gasteiger partial charge in [-0.15, -0.1) is 0 Å². The highest BCUT2D eigenvalue weighted by Gasteiger charge is 2.14. The van der Waals surface area contributed by atoms with E-state index in [-0.39, 0.29) is 11.7 Å². The van der Waals surface area contributed by atoms with Crippen molar-refractivity contribution < 1.29 is 23.2 Å². The molecule has 0 radical (unpaired) electrons. The number of fused-ring (bicyclic) bond motifs is 1. The Hall–Kier alpha value is -3.87. The Balaban J connectivity index is 1.47. The van der Waals surface area contributed by atoms with Crippen LogP contribution in [-0.4, -0.2) is 31.8 Å². The molecule has 0 fully saturated rings. The molecule has 6 nitrogen and oxygen atoms in total. The zero-order valence-corrected chi connectivity index (χ0v) is 17.1. The lowest BCUT2D eigenvalue weighted by atomic mass is 10.1. The van der Waals surface area contributed by atoms with E-state index in [4.69, 9.17) is 14.0 Å². The molecule has 1 aromatic heterocycles. The van der Waals surface area contributed by atoms with Gasteiger partial charge in [0.25, 0.3) is 5.91 Å². The highest BCUT2D eigenvalue weighted by Crippen LogP contribution is 2.30. The van der Waals surface area contributed by atoms with Gasteiger partial charge in [-0.05, 0) is 66.6 Å². The van der Waals surface area contributed by atoms with Gasteiger partial charge in [0.15, 0.2) is 17.3 Å². The van der Waals surface area contributed by atoms with Gasteiger partial charge in [-0.1, -0.05) is 11.2 Å². The summed E-state index contributed by atoms with van der Waals surface area (Å²) in [5.41, 5.74) is 2.83. The average molecular weight is 420 g/mol. The number of ether oxygens (including phenoxy) is 2. The molecule has 0 spiro atoms. The van der Waals surface area contributed by atoms with E-state index in [1.807, 2.05) is 18.2 Å². The van der Waals surface area contributed by atoms with Crippen LogP contribution in [-0.2, 0) is 6.42 Å². The SMILES string of the molecule is COc1ccc(CCNC(=O)c2ccc3noc(-c4ccc(F)cc4)c3c2)cc1OC. The van der Waals surface area contributed by atoms with Gasteiger partial charge in [0.05, 0.1) is 19.6 Å². The van der Waals surface area contributed by atoms with Crippen molar-refractivity contribution in [1.29, 1.82) is 0 Å². The second kappa shape index (κ2) is 8.87. The molecular weight excluding hydrogens is 399 g/mol. The maximum Gasteiger partial charge on any atom is 0.251 e. The van der Waals surface area contributed by atoms with E-state index in [2.05, 4.69) is 10.5 Å². The highest BCUT2D eigenvalue weighted by atomic mass is 19.1. The van der Waals surface area contributed by atoms with E-state index in [0.717, 1.165) is 5.56 Å². The number of halogens is 1. The lowest BCUT2D eigenvalue weighted by molar-refractivity contribution is 0.0954. The Bertz CT molecular complexity index is 1220. The molecule has 1 amide bonds. The van der Waals surface area contributed by atoms with Gasteiger partial charge in [0.2, 0.25) is 0 Å². The molecule has 0 atom stereocenters. The van der Waals surface area contributed by atoms with Gasteiger partial charge in [-0.3, -0.25) is 4.79 Å². The zero-order valence-electron chi connectivity index (χ0n) is 17.1. The molecule has 4 aromatic rings. The van der Waals surface area contributed by atoms with E-state index < -0.39 is 0 Å². The molecule has 0 saturated carbocycles. The fraction of sp³-hybridized carbons (Fsp3) is 0.167. The molecule has 0 bridgehead atoms. The molecule has 0 unspecified atom stereocenters. The van der Waals surface area contributed by atoms with Gasteiger partial charge in [-0.2, -0.15) is 0 Å². The smallest absolute Gasteiger partial charge is 0.251 e. The summed E-state index contributed by atoms with van der Waals surface area (Å²) in [5.74, 6) is 1.28. The summed E-state index contributed by atoms with van der Waals surface area (Å²) in [4.78, 5) is 12.7. The predicted octanol–water partition coefficient (Wildman–Crippen LogP) is 4.62. The van der Waals surface area contributed by atoms with Crippen LogP contribution in [0.2, 0.25) is 0 Å². The average Bonchev–Trinajstić information content (AvgIpc) is 3.22. The molecule has 1 N–H and O–H groups in total. The summed E-state index contributed by atoms with van der Waals surface area (Å²) < 4.78 is 29.2. The third-order valence-electron chi connectivity index (χ3n) is 4.99. The van der Waals surface area contributed by atoms with Crippen LogP contribution in [0.5, 0.6) is 11.5 Å². The van der Waals surface area contributed by atoms with Crippen LogP contribution in [0.15, 0.2) is 65.2 Å². The van der Waals surface area contributed by atoms with Crippen LogP contribution in [0, 0.1) is 5.82 Å². The third kappa shape index (κ3) is 4.35. The Morgan fingerprint density at radius 2 is 1.77 bits per heavy atom. The van der Waals surface area contributed by atoms with Gasteiger partial charge in [0.1, 0.15) is 11.3 Å². The van der Waals surface area contributed by atoms with Crippen molar-refractivity contribution in [2.24, 2.45) is 0 Å². The summed E-state index contributed by atoms with van der Waals surface area (Å²) in [6.07, 6.45) is 0.641. The molecule has 0 aliphatic heterocycles. The molecular formula is C24H21FN2O4. The molecule has 7 heteroatoms. The third-order valence-corrected chi connectivity index (χ3v) is 4.99. The number of nitrogens with zero attached hydrogens (tertiary/aromatic N) is 1. The van der Waals surface area contributed by atoms with Crippen molar-refractivity contribution in [3.05, 3.63) is 77.6 Å². The topological polar surface area (TPSA) is 73.6 Å². The number of hydrogen-bond donors (Lipinski definition) is 1. The molecule has 4 rings (SSSR count).